The number of piperidine rings is 1. The summed E-state index contributed by atoms with van der Waals surface area (Å²) in [5, 5.41) is 23.8. The van der Waals surface area contributed by atoms with Crippen molar-refractivity contribution in [3.8, 4) is 5.75 Å². The van der Waals surface area contributed by atoms with Crippen LogP contribution in [0.1, 0.15) is 68.3 Å². The number of carbonyl (C=O) groups is 2. The molecule has 6 heteroatoms. The van der Waals surface area contributed by atoms with Crippen LogP contribution < -0.4 is 5.32 Å². The van der Waals surface area contributed by atoms with Crippen molar-refractivity contribution < 1.29 is 19.8 Å². The Balaban J connectivity index is 1.67. The van der Waals surface area contributed by atoms with Crippen LogP contribution in [-0.2, 0) is 4.79 Å². The number of fused-ring (bicyclic) bond motifs is 1. The van der Waals surface area contributed by atoms with Crippen molar-refractivity contribution in [2.45, 2.75) is 77.5 Å². The van der Waals surface area contributed by atoms with E-state index in [0.29, 0.717) is 35.9 Å². The van der Waals surface area contributed by atoms with Crippen LogP contribution in [0.5, 0.6) is 5.75 Å². The van der Waals surface area contributed by atoms with E-state index in [0.717, 1.165) is 13.0 Å². The summed E-state index contributed by atoms with van der Waals surface area (Å²) in [7, 11) is 0. The van der Waals surface area contributed by atoms with E-state index in [4.69, 9.17) is 0 Å². The van der Waals surface area contributed by atoms with Gasteiger partial charge in [-0.15, -0.1) is 0 Å². The van der Waals surface area contributed by atoms with Crippen LogP contribution in [0, 0.1) is 18.8 Å². The van der Waals surface area contributed by atoms with E-state index >= 15 is 0 Å². The number of Topliss-reactive ketones (excluding diaryl/α,β-unsaturated/α-hetero) is 1. The van der Waals surface area contributed by atoms with Gasteiger partial charge in [0.05, 0.1) is 18.2 Å². The van der Waals surface area contributed by atoms with Gasteiger partial charge in [-0.25, -0.2) is 0 Å². The van der Waals surface area contributed by atoms with Gasteiger partial charge in [0.2, 0.25) is 0 Å². The number of β-amino-alcohol motifs (C(OH)–C–C–N with tert-alkyl or cyclic N) is 1. The summed E-state index contributed by atoms with van der Waals surface area (Å²) in [5.41, 5.74) is 0.931. The van der Waals surface area contributed by atoms with Crippen LogP contribution in [0.2, 0.25) is 0 Å². The first-order valence-corrected chi connectivity index (χ1v) is 11.3. The Morgan fingerprint density at radius 3 is 2.60 bits per heavy atom. The number of nitrogens with zero attached hydrogens (tertiary/aromatic N) is 1. The molecule has 0 radical (unpaired) electrons. The number of aliphatic hydroxyl groups is 1. The van der Waals surface area contributed by atoms with Gasteiger partial charge >= 0.3 is 0 Å². The van der Waals surface area contributed by atoms with Gasteiger partial charge in [-0.3, -0.25) is 14.5 Å². The molecule has 0 spiro atoms. The summed E-state index contributed by atoms with van der Waals surface area (Å²) in [6.07, 6.45) is 5.62. The van der Waals surface area contributed by atoms with Gasteiger partial charge in [0.1, 0.15) is 11.5 Å². The lowest BCUT2D eigenvalue weighted by Gasteiger charge is -2.46. The molecular formula is C24H36N2O4. The van der Waals surface area contributed by atoms with Crippen molar-refractivity contribution in [2.75, 3.05) is 13.1 Å². The maximum atomic E-state index is 12.7. The molecule has 166 valence electrons. The normalized spacial score (nSPS) is 26.5. The third-order valence-corrected chi connectivity index (χ3v) is 7.16. The number of aromatic hydroxyl groups is 1. The zero-order valence-electron chi connectivity index (χ0n) is 18.4. The second-order valence-corrected chi connectivity index (χ2v) is 9.13. The summed E-state index contributed by atoms with van der Waals surface area (Å²) in [5.74, 6) is 1.17. The Morgan fingerprint density at radius 2 is 1.93 bits per heavy atom. The Hall–Kier alpha value is -1.92. The van der Waals surface area contributed by atoms with E-state index in [1.54, 1.807) is 32.0 Å². The quantitative estimate of drug-likeness (QED) is 0.636. The van der Waals surface area contributed by atoms with Gasteiger partial charge in [0.15, 0.2) is 0 Å². The van der Waals surface area contributed by atoms with Crippen molar-refractivity contribution in [1.29, 1.82) is 0 Å². The second kappa shape index (κ2) is 9.92. The molecule has 0 bridgehead atoms. The topological polar surface area (TPSA) is 89.9 Å². The average molecular weight is 417 g/mol. The number of nitrogens with one attached hydrogen (secondary N) is 1. The van der Waals surface area contributed by atoms with Crippen LogP contribution in [-0.4, -0.2) is 58.1 Å². The Bertz CT molecular complexity index is 766. The molecule has 6 nitrogen and oxygen atoms in total. The molecule has 3 rings (SSSR count). The number of rotatable bonds is 7. The van der Waals surface area contributed by atoms with Crippen LogP contribution in [0.15, 0.2) is 18.2 Å². The monoisotopic (exact) mass is 416 g/mol. The minimum absolute atomic E-state index is 0.0795. The highest BCUT2D eigenvalue weighted by atomic mass is 16.3. The zero-order chi connectivity index (χ0) is 21.8. The predicted octanol–water partition coefficient (Wildman–Crippen LogP) is 3.04. The number of ketones is 1. The van der Waals surface area contributed by atoms with E-state index in [1.165, 1.54) is 25.7 Å². The lowest BCUT2D eigenvalue weighted by molar-refractivity contribution is -0.126. The number of phenols is 1. The highest BCUT2D eigenvalue weighted by Crippen LogP contribution is 2.38. The van der Waals surface area contributed by atoms with Crippen LogP contribution in [0.25, 0.3) is 0 Å². The van der Waals surface area contributed by atoms with Gasteiger partial charge in [-0.2, -0.15) is 0 Å². The molecule has 2 aliphatic rings. The molecular weight excluding hydrogens is 380 g/mol. The molecule has 1 saturated carbocycles. The van der Waals surface area contributed by atoms with Gasteiger partial charge in [0.25, 0.3) is 5.91 Å². The lowest BCUT2D eigenvalue weighted by Crippen LogP contribution is -2.56. The Morgan fingerprint density at radius 1 is 1.23 bits per heavy atom. The molecule has 1 aromatic carbocycles. The summed E-state index contributed by atoms with van der Waals surface area (Å²) < 4.78 is 0. The lowest BCUT2D eigenvalue weighted by atomic mass is 9.72. The van der Waals surface area contributed by atoms with E-state index in [2.05, 4.69) is 10.2 Å². The summed E-state index contributed by atoms with van der Waals surface area (Å²) >= 11 is 0. The first kappa shape index (κ1) is 22.8. The van der Waals surface area contributed by atoms with Gasteiger partial charge in [0, 0.05) is 24.2 Å². The molecule has 1 aromatic rings. The number of aliphatic hydroxyl groups excluding tert-OH is 1. The van der Waals surface area contributed by atoms with E-state index in [1.807, 2.05) is 6.92 Å². The molecule has 1 aliphatic heterocycles. The second-order valence-electron chi connectivity index (χ2n) is 9.13. The fourth-order valence-electron chi connectivity index (χ4n) is 5.28. The third-order valence-electron chi connectivity index (χ3n) is 7.16. The van der Waals surface area contributed by atoms with Gasteiger partial charge < -0.3 is 15.5 Å². The minimum Gasteiger partial charge on any atom is -0.508 e. The molecule has 1 aliphatic carbocycles. The summed E-state index contributed by atoms with van der Waals surface area (Å²) in [6.45, 7) is 6.51. The first-order chi connectivity index (χ1) is 14.3. The number of hydrogen-bond acceptors (Lipinski definition) is 5. The van der Waals surface area contributed by atoms with Crippen molar-refractivity contribution in [2.24, 2.45) is 11.8 Å². The summed E-state index contributed by atoms with van der Waals surface area (Å²) in [6, 6.07) is 4.30. The zero-order valence-corrected chi connectivity index (χ0v) is 18.4. The van der Waals surface area contributed by atoms with E-state index < -0.39 is 12.1 Å². The molecule has 2 unspecified atom stereocenters. The Kier molecular flexibility index (Phi) is 7.53. The number of carbonyl (C=O) groups excluding carboxylic acids is 2. The standard InChI is InChI=1S/C24H36N2O4/c1-4-20(25-24(30)19-10-7-11-22(28)15(19)2)23(29)14-26-13-18-9-6-5-8-17(18)12-21(26)16(3)27/h7,10-11,17-18,20-21,23,28-29H,4-6,8-9,12-14H2,1-3H3,(H,25,30)/t17-,18+,20?,21-,23?/m0/s1. The fraction of sp³-hybridized carbons (Fsp3) is 0.667. The molecule has 1 saturated heterocycles. The van der Waals surface area contributed by atoms with Crippen molar-refractivity contribution >= 4 is 11.7 Å². The average Bonchev–Trinajstić information content (AvgIpc) is 2.73. The first-order valence-electron chi connectivity index (χ1n) is 11.3. The molecule has 2 fully saturated rings. The SMILES string of the molecule is CCC(NC(=O)c1cccc(O)c1C)C(O)CN1C[C@H]2CCCC[C@H]2C[C@H]1C(C)=O. The largest absolute Gasteiger partial charge is 0.508 e. The van der Waals surface area contributed by atoms with Crippen LogP contribution >= 0.6 is 0 Å². The number of likely N-dealkylation sites (tertiary alicyclic amines) is 1. The maximum Gasteiger partial charge on any atom is 0.251 e. The number of phenolic OH excluding ortho intramolecular Hbond substituents is 1. The molecule has 0 aromatic heterocycles. The number of amides is 1. The molecule has 5 atom stereocenters. The summed E-state index contributed by atoms with van der Waals surface area (Å²) in [4.78, 5) is 27.2. The highest BCUT2D eigenvalue weighted by molar-refractivity contribution is 5.96. The molecule has 30 heavy (non-hydrogen) atoms. The smallest absolute Gasteiger partial charge is 0.251 e. The number of benzene rings is 1. The van der Waals surface area contributed by atoms with E-state index in [-0.39, 0.29) is 23.5 Å². The highest BCUT2D eigenvalue weighted by Gasteiger charge is 2.39. The van der Waals surface area contributed by atoms with Gasteiger partial charge in [-0.1, -0.05) is 32.3 Å². The third kappa shape index (κ3) is 5.03. The number of hydrogen-bond donors (Lipinski definition) is 3. The van der Waals surface area contributed by atoms with Crippen molar-refractivity contribution in [3.05, 3.63) is 29.3 Å². The fourth-order valence-corrected chi connectivity index (χ4v) is 5.28. The maximum absolute atomic E-state index is 12.7. The minimum atomic E-state index is -0.765. The van der Waals surface area contributed by atoms with Crippen LogP contribution in [0.3, 0.4) is 0 Å². The van der Waals surface area contributed by atoms with Crippen molar-refractivity contribution in [1.82, 2.24) is 10.2 Å². The molecule has 3 N–H and O–H groups in total. The van der Waals surface area contributed by atoms with E-state index in [9.17, 15) is 19.8 Å². The molecule has 1 amide bonds. The Labute approximate surface area is 179 Å². The van der Waals surface area contributed by atoms with Crippen LogP contribution in [0.4, 0.5) is 0 Å². The van der Waals surface area contributed by atoms with Gasteiger partial charge in [-0.05, 0) is 57.1 Å². The van der Waals surface area contributed by atoms with Crippen molar-refractivity contribution in [3.63, 3.8) is 0 Å². The molecule has 1 heterocycles. The predicted molar refractivity (Wildman–Crippen MR) is 117 cm³/mol.